The van der Waals surface area contributed by atoms with Gasteiger partial charge in [-0.15, -0.1) is 0 Å². The lowest BCUT2D eigenvalue weighted by Gasteiger charge is -2.17. The Morgan fingerprint density at radius 2 is 1.90 bits per heavy atom. The maximum atomic E-state index is 11.8. The first-order chi connectivity index (χ1) is 9.61. The summed E-state index contributed by atoms with van der Waals surface area (Å²) < 4.78 is 4.84. The van der Waals surface area contributed by atoms with Gasteiger partial charge in [-0.25, -0.2) is 4.79 Å². The van der Waals surface area contributed by atoms with Gasteiger partial charge >= 0.3 is 5.97 Å². The number of halogens is 1. The molecule has 0 radical (unpaired) electrons. The number of hydrogen-bond donors (Lipinski definition) is 0. The minimum absolute atomic E-state index is 0.299. The first-order valence-electron chi connectivity index (χ1n) is 7.49. The van der Waals surface area contributed by atoms with Crippen LogP contribution in [0.1, 0.15) is 60.0 Å². The van der Waals surface area contributed by atoms with Crippen LogP contribution in [0.3, 0.4) is 0 Å². The molecule has 2 rings (SSSR count). The topological polar surface area (TPSA) is 26.3 Å². The SMILES string of the molecule is COC(=O)c1cc(Cl)cc(CC2CCCCCC2)c1C. The number of methoxy groups -OCH3 is 1. The number of carbonyl (C=O) groups excluding carboxylic acids is 1. The number of rotatable bonds is 3. The van der Waals surface area contributed by atoms with Gasteiger partial charge in [0.15, 0.2) is 0 Å². The molecule has 1 saturated carbocycles. The van der Waals surface area contributed by atoms with E-state index in [0.29, 0.717) is 10.6 Å². The lowest BCUT2D eigenvalue weighted by Crippen LogP contribution is -2.09. The maximum Gasteiger partial charge on any atom is 0.338 e. The van der Waals surface area contributed by atoms with Gasteiger partial charge in [0.05, 0.1) is 12.7 Å². The molecule has 1 aromatic carbocycles. The molecule has 0 amide bonds. The van der Waals surface area contributed by atoms with Gasteiger partial charge in [0.25, 0.3) is 0 Å². The zero-order chi connectivity index (χ0) is 14.5. The molecule has 0 N–H and O–H groups in total. The maximum absolute atomic E-state index is 11.8. The highest BCUT2D eigenvalue weighted by Crippen LogP contribution is 2.29. The van der Waals surface area contributed by atoms with Crippen LogP contribution in [0.4, 0.5) is 0 Å². The highest BCUT2D eigenvalue weighted by atomic mass is 35.5. The summed E-state index contributed by atoms with van der Waals surface area (Å²) in [6.45, 7) is 1.99. The summed E-state index contributed by atoms with van der Waals surface area (Å²) in [5, 5.41) is 0.625. The second kappa shape index (κ2) is 7.12. The van der Waals surface area contributed by atoms with E-state index in [0.717, 1.165) is 17.9 Å². The number of hydrogen-bond acceptors (Lipinski definition) is 2. The highest BCUT2D eigenvalue weighted by Gasteiger charge is 2.18. The molecule has 0 atom stereocenters. The molecule has 1 aliphatic carbocycles. The van der Waals surface area contributed by atoms with Crippen LogP contribution < -0.4 is 0 Å². The zero-order valence-electron chi connectivity index (χ0n) is 12.4. The van der Waals surface area contributed by atoms with Crippen molar-refractivity contribution in [3.05, 3.63) is 33.8 Å². The van der Waals surface area contributed by atoms with Crippen LogP contribution in [0.25, 0.3) is 0 Å². The second-order valence-electron chi connectivity index (χ2n) is 5.79. The van der Waals surface area contributed by atoms with Crippen LogP contribution in [-0.2, 0) is 11.2 Å². The Labute approximate surface area is 126 Å². The predicted octanol–water partition coefficient (Wildman–Crippen LogP) is 4.95. The third-order valence-electron chi connectivity index (χ3n) is 4.37. The third-order valence-corrected chi connectivity index (χ3v) is 4.59. The van der Waals surface area contributed by atoms with Crippen molar-refractivity contribution in [3.63, 3.8) is 0 Å². The van der Waals surface area contributed by atoms with Crippen LogP contribution in [0.15, 0.2) is 12.1 Å². The highest BCUT2D eigenvalue weighted by molar-refractivity contribution is 6.31. The molecule has 0 bridgehead atoms. The van der Waals surface area contributed by atoms with Crippen LogP contribution in [0, 0.1) is 12.8 Å². The van der Waals surface area contributed by atoms with Crippen molar-refractivity contribution in [3.8, 4) is 0 Å². The first-order valence-corrected chi connectivity index (χ1v) is 7.87. The standard InChI is InChI=1S/C17H23ClO2/c1-12-14(9-13-7-5-3-4-6-8-13)10-15(18)11-16(12)17(19)20-2/h10-11,13H,3-9H2,1-2H3. The van der Waals surface area contributed by atoms with Crippen molar-refractivity contribution < 1.29 is 9.53 Å². The van der Waals surface area contributed by atoms with Gasteiger partial charge in [0, 0.05) is 5.02 Å². The molecule has 3 heteroatoms. The molecule has 0 aliphatic heterocycles. The number of esters is 1. The van der Waals surface area contributed by atoms with E-state index < -0.39 is 0 Å². The Hall–Kier alpha value is -1.02. The normalized spacial score (nSPS) is 16.8. The molecule has 0 aromatic heterocycles. The third kappa shape index (κ3) is 3.76. The minimum Gasteiger partial charge on any atom is -0.465 e. The summed E-state index contributed by atoms with van der Waals surface area (Å²) in [5.41, 5.74) is 2.82. The van der Waals surface area contributed by atoms with E-state index in [1.165, 1.54) is 51.2 Å². The predicted molar refractivity (Wildman–Crippen MR) is 82.4 cm³/mol. The van der Waals surface area contributed by atoms with Crippen molar-refractivity contribution in [2.45, 2.75) is 51.9 Å². The molecule has 20 heavy (non-hydrogen) atoms. The molecular weight excluding hydrogens is 272 g/mol. The Morgan fingerprint density at radius 3 is 2.50 bits per heavy atom. The molecule has 1 aliphatic rings. The fourth-order valence-corrected chi connectivity index (χ4v) is 3.39. The van der Waals surface area contributed by atoms with Crippen molar-refractivity contribution in [1.29, 1.82) is 0 Å². The van der Waals surface area contributed by atoms with E-state index >= 15 is 0 Å². The van der Waals surface area contributed by atoms with E-state index in [-0.39, 0.29) is 5.97 Å². The fraction of sp³-hybridized carbons (Fsp3) is 0.588. The first kappa shape index (κ1) is 15.4. The summed E-state index contributed by atoms with van der Waals surface area (Å²) in [6, 6.07) is 3.72. The monoisotopic (exact) mass is 294 g/mol. The van der Waals surface area contributed by atoms with Crippen molar-refractivity contribution in [1.82, 2.24) is 0 Å². The Balaban J connectivity index is 2.22. The molecule has 0 saturated heterocycles. The summed E-state index contributed by atoms with van der Waals surface area (Å²) in [4.78, 5) is 11.8. The smallest absolute Gasteiger partial charge is 0.338 e. The zero-order valence-corrected chi connectivity index (χ0v) is 13.1. The number of benzene rings is 1. The van der Waals surface area contributed by atoms with Gasteiger partial charge < -0.3 is 4.74 Å². The Morgan fingerprint density at radius 1 is 1.25 bits per heavy atom. The van der Waals surface area contributed by atoms with E-state index in [2.05, 4.69) is 0 Å². The van der Waals surface area contributed by atoms with Gasteiger partial charge in [-0.3, -0.25) is 0 Å². The molecule has 110 valence electrons. The Bertz CT molecular complexity index is 474. The van der Waals surface area contributed by atoms with Crippen LogP contribution in [0.2, 0.25) is 5.02 Å². The summed E-state index contributed by atoms with van der Waals surface area (Å²) in [5.74, 6) is 0.423. The lowest BCUT2D eigenvalue weighted by atomic mass is 9.89. The minimum atomic E-state index is -0.299. The molecule has 1 aromatic rings. The summed E-state index contributed by atoms with van der Waals surface area (Å²) in [7, 11) is 1.41. The van der Waals surface area contributed by atoms with Crippen LogP contribution in [-0.4, -0.2) is 13.1 Å². The summed E-state index contributed by atoms with van der Waals surface area (Å²) in [6.07, 6.45) is 8.98. The number of ether oxygens (including phenoxy) is 1. The number of carbonyl (C=O) groups is 1. The van der Waals surface area contributed by atoms with Gasteiger partial charge in [0.2, 0.25) is 0 Å². The van der Waals surface area contributed by atoms with Crippen molar-refractivity contribution in [2.24, 2.45) is 5.92 Å². The second-order valence-corrected chi connectivity index (χ2v) is 6.23. The van der Waals surface area contributed by atoms with Crippen molar-refractivity contribution >= 4 is 17.6 Å². The largest absolute Gasteiger partial charge is 0.465 e. The van der Waals surface area contributed by atoms with Gasteiger partial charge in [0.1, 0.15) is 0 Å². The fourth-order valence-electron chi connectivity index (χ4n) is 3.15. The average molecular weight is 295 g/mol. The van der Waals surface area contributed by atoms with E-state index in [1.54, 1.807) is 6.07 Å². The Kier molecular flexibility index (Phi) is 5.47. The molecule has 0 spiro atoms. The van der Waals surface area contributed by atoms with Crippen molar-refractivity contribution in [2.75, 3.05) is 7.11 Å². The summed E-state index contributed by atoms with van der Waals surface area (Å²) >= 11 is 6.17. The van der Waals surface area contributed by atoms with Gasteiger partial charge in [-0.2, -0.15) is 0 Å². The van der Waals surface area contributed by atoms with Crippen LogP contribution >= 0.6 is 11.6 Å². The van der Waals surface area contributed by atoms with Crippen LogP contribution in [0.5, 0.6) is 0 Å². The molecule has 0 unspecified atom stereocenters. The van der Waals surface area contributed by atoms with Gasteiger partial charge in [-0.1, -0.05) is 50.1 Å². The van der Waals surface area contributed by atoms with E-state index in [4.69, 9.17) is 16.3 Å². The average Bonchev–Trinajstić information content (AvgIpc) is 2.70. The van der Waals surface area contributed by atoms with E-state index in [9.17, 15) is 4.79 Å². The molecule has 2 nitrogen and oxygen atoms in total. The molecule has 1 fully saturated rings. The molecule has 0 heterocycles. The quantitative estimate of drug-likeness (QED) is 0.582. The lowest BCUT2D eigenvalue weighted by molar-refractivity contribution is 0.0599. The van der Waals surface area contributed by atoms with E-state index in [1.807, 2.05) is 13.0 Å². The molecular formula is C17H23ClO2. The van der Waals surface area contributed by atoms with Gasteiger partial charge in [-0.05, 0) is 42.5 Å².